The average Bonchev–Trinajstić information content (AvgIpc) is 3.18. The van der Waals surface area contributed by atoms with Crippen molar-refractivity contribution >= 4 is 29.2 Å². The number of hydrogen-bond donors (Lipinski definition) is 3. The molecular formula is C22H23N5O4. The van der Waals surface area contributed by atoms with Crippen LogP contribution in [-0.4, -0.2) is 27.9 Å². The van der Waals surface area contributed by atoms with Crippen LogP contribution >= 0.6 is 0 Å². The maximum absolute atomic E-state index is 12.4. The molecule has 0 radical (unpaired) electrons. The van der Waals surface area contributed by atoms with Crippen molar-refractivity contribution in [2.24, 2.45) is 5.73 Å². The number of amides is 3. The summed E-state index contributed by atoms with van der Waals surface area (Å²) in [6, 6.07) is 11.4. The smallest absolute Gasteiger partial charge is 0.275 e. The average molecular weight is 421 g/mol. The first-order valence-electron chi connectivity index (χ1n) is 9.55. The Hall–Kier alpha value is -4.01. The zero-order valence-corrected chi connectivity index (χ0v) is 17.4. The van der Waals surface area contributed by atoms with Gasteiger partial charge in [0.15, 0.2) is 5.82 Å². The van der Waals surface area contributed by atoms with Gasteiger partial charge in [0.1, 0.15) is 11.5 Å². The van der Waals surface area contributed by atoms with Crippen molar-refractivity contribution in [3.05, 3.63) is 71.2 Å². The van der Waals surface area contributed by atoms with Gasteiger partial charge in [0.2, 0.25) is 5.91 Å². The van der Waals surface area contributed by atoms with Crippen LogP contribution in [0.25, 0.3) is 0 Å². The Morgan fingerprint density at radius 1 is 1.06 bits per heavy atom. The highest BCUT2D eigenvalue weighted by Crippen LogP contribution is 2.24. The number of hydrogen-bond acceptors (Lipinski definition) is 6. The molecule has 0 saturated heterocycles. The van der Waals surface area contributed by atoms with Gasteiger partial charge in [-0.2, -0.15) is 0 Å². The summed E-state index contributed by atoms with van der Waals surface area (Å²) in [5, 5.41) is 9.23. The minimum absolute atomic E-state index is 0.0377. The third kappa shape index (κ3) is 5.53. The number of nitrogens with two attached hydrogens (primary N) is 1. The van der Waals surface area contributed by atoms with E-state index in [9.17, 15) is 14.4 Å². The fourth-order valence-electron chi connectivity index (χ4n) is 2.74. The first-order chi connectivity index (χ1) is 14.6. The van der Waals surface area contributed by atoms with E-state index in [2.05, 4.69) is 20.8 Å². The number of carbonyl (C=O) groups is 3. The number of pyridine rings is 1. The summed E-state index contributed by atoms with van der Waals surface area (Å²) >= 11 is 0. The Morgan fingerprint density at radius 2 is 1.77 bits per heavy atom. The molecule has 9 heteroatoms. The van der Waals surface area contributed by atoms with E-state index >= 15 is 0 Å². The highest BCUT2D eigenvalue weighted by atomic mass is 16.5. The summed E-state index contributed by atoms with van der Waals surface area (Å²) < 4.78 is 5.25. The second kappa shape index (κ2) is 8.78. The van der Waals surface area contributed by atoms with Crippen molar-refractivity contribution in [2.75, 3.05) is 10.6 Å². The minimum atomic E-state index is -0.735. The molecule has 31 heavy (non-hydrogen) atoms. The fourth-order valence-corrected chi connectivity index (χ4v) is 2.74. The number of rotatable bonds is 6. The van der Waals surface area contributed by atoms with Crippen LogP contribution in [0.15, 0.2) is 53.2 Å². The molecule has 0 spiro atoms. The van der Waals surface area contributed by atoms with Crippen molar-refractivity contribution in [3.8, 4) is 0 Å². The van der Waals surface area contributed by atoms with E-state index in [1.54, 1.807) is 30.3 Å². The second-order valence-electron chi connectivity index (χ2n) is 7.97. The van der Waals surface area contributed by atoms with Crippen molar-refractivity contribution < 1.29 is 18.9 Å². The van der Waals surface area contributed by atoms with Crippen LogP contribution in [0, 0.1) is 0 Å². The zero-order valence-electron chi connectivity index (χ0n) is 17.4. The van der Waals surface area contributed by atoms with Gasteiger partial charge in [-0.25, -0.2) is 0 Å². The fraction of sp³-hybridized carbons (Fsp3) is 0.227. The first kappa shape index (κ1) is 21.7. The molecule has 3 amide bonds. The number of carbonyl (C=O) groups excluding carboxylic acids is 3. The number of nitrogens with zero attached hydrogens (tertiary/aromatic N) is 2. The predicted octanol–water partition coefficient (Wildman–Crippen LogP) is 2.90. The summed E-state index contributed by atoms with van der Waals surface area (Å²) in [7, 11) is 0. The first-order valence-corrected chi connectivity index (χ1v) is 9.55. The molecule has 9 nitrogen and oxygen atoms in total. The molecule has 3 aromatic rings. The molecule has 0 aliphatic rings. The van der Waals surface area contributed by atoms with Crippen molar-refractivity contribution in [3.63, 3.8) is 0 Å². The predicted molar refractivity (Wildman–Crippen MR) is 115 cm³/mol. The quantitative estimate of drug-likeness (QED) is 0.559. The maximum atomic E-state index is 12.4. The molecule has 0 bridgehead atoms. The molecule has 0 unspecified atom stereocenters. The summed E-state index contributed by atoms with van der Waals surface area (Å²) in [4.78, 5) is 40.1. The van der Waals surface area contributed by atoms with Crippen LogP contribution in [-0.2, 0) is 16.6 Å². The minimum Gasteiger partial charge on any atom is -0.366 e. The zero-order chi connectivity index (χ0) is 22.6. The SMILES string of the molecule is CC(C)(C)c1cc(NC(=O)Cc2ccc(NC(=O)c3ncccc3C(N)=O)cc2)no1. The monoisotopic (exact) mass is 421 g/mol. The number of benzene rings is 1. The number of nitrogens with one attached hydrogen (secondary N) is 2. The summed E-state index contributed by atoms with van der Waals surface area (Å²) in [6.45, 7) is 5.96. The van der Waals surface area contributed by atoms with Crippen LogP contribution in [0.5, 0.6) is 0 Å². The maximum Gasteiger partial charge on any atom is 0.275 e. The lowest BCUT2D eigenvalue weighted by Gasteiger charge is -2.12. The van der Waals surface area contributed by atoms with E-state index in [0.29, 0.717) is 17.3 Å². The van der Waals surface area contributed by atoms with E-state index in [-0.39, 0.29) is 29.0 Å². The van der Waals surface area contributed by atoms with Crippen molar-refractivity contribution in [2.45, 2.75) is 32.6 Å². The lowest BCUT2D eigenvalue weighted by Crippen LogP contribution is -2.21. The lowest BCUT2D eigenvalue weighted by atomic mass is 9.93. The Balaban J connectivity index is 1.60. The van der Waals surface area contributed by atoms with E-state index in [4.69, 9.17) is 10.3 Å². The molecule has 0 fully saturated rings. The standard InChI is InChI=1S/C22H23N5O4/c1-22(2,3)16-12-17(27-31-16)26-18(28)11-13-6-8-14(9-7-13)25-21(30)19-15(20(23)29)5-4-10-24-19/h4-10,12H,11H2,1-3H3,(H2,23,29)(H,25,30)(H,26,27,28). The summed E-state index contributed by atoms with van der Waals surface area (Å²) in [5.41, 5.74) is 6.29. The molecule has 0 atom stereocenters. The summed E-state index contributed by atoms with van der Waals surface area (Å²) in [6.07, 6.45) is 1.53. The lowest BCUT2D eigenvalue weighted by molar-refractivity contribution is -0.115. The summed E-state index contributed by atoms with van der Waals surface area (Å²) in [5.74, 6) is -0.498. The van der Waals surface area contributed by atoms with Crippen molar-refractivity contribution in [1.29, 1.82) is 0 Å². The van der Waals surface area contributed by atoms with Gasteiger partial charge in [-0.05, 0) is 29.8 Å². The van der Waals surface area contributed by atoms with Gasteiger partial charge in [0.05, 0.1) is 12.0 Å². The molecule has 0 aliphatic heterocycles. The van der Waals surface area contributed by atoms with Crippen LogP contribution < -0.4 is 16.4 Å². The largest absolute Gasteiger partial charge is 0.366 e. The molecule has 1 aromatic carbocycles. The topological polar surface area (TPSA) is 140 Å². The van der Waals surface area contributed by atoms with Crippen LogP contribution in [0.1, 0.15) is 52.9 Å². The van der Waals surface area contributed by atoms with E-state index in [0.717, 1.165) is 5.56 Å². The van der Waals surface area contributed by atoms with Crippen molar-refractivity contribution in [1.82, 2.24) is 10.1 Å². The number of anilines is 2. The molecule has 4 N–H and O–H groups in total. The van der Waals surface area contributed by atoms with Crippen LogP contribution in [0.3, 0.4) is 0 Å². The van der Waals surface area contributed by atoms with Gasteiger partial charge in [0.25, 0.3) is 11.8 Å². The molecule has 160 valence electrons. The molecule has 0 aliphatic carbocycles. The van der Waals surface area contributed by atoms with Gasteiger partial charge < -0.3 is 20.9 Å². The van der Waals surface area contributed by atoms with Gasteiger partial charge in [-0.1, -0.05) is 38.1 Å². The highest BCUT2D eigenvalue weighted by molar-refractivity contribution is 6.10. The normalized spacial score (nSPS) is 11.1. The van der Waals surface area contributed by atoms with Gasteiger partial charge >= 0.3 is 0 Å². The number of primary amides is 1. The van der Waals surface area contributed by atoms with Gasteiger partial charge in [-0.3, -0.25) is 19.4 Å². The molecule has 2 aromatic heterocycles. The molecule has 0 saturated carbocycles. The van der Waals surface area contributed by atoms with E-state index in [1.165, 1.54) is 18.3 Å². The van der Waals surface area contributed by atoms with Gasteiger partial charge in [0, 0.05) is 23.4 Å². The molecular weight excluding hydrogens is 398 g/mol. The molecule has 2 heterocycles. The Morgan fingerprint density at radius 3 is 2.39 bits per heavy atom. The Labute approximate surface area is 179 Å². The Kier molecular flexibility index (Phi) is 6.15. The number of aromatic nitrogens is 2. The van der Waals surface area contributed by atoms with Gasteiger partial charge in [-0.15, -0.1) is 0 Å². The third-order valence-corrected chi connectivity index (χ3v) is 4.38. The molecule has 3 rings (SSSR count). The third-order valence-electron chi connectivity index (χ3n) is 4.38. The second-order valence-corrected chi connectivity index (χ2v) is 7.97. The van der Waals surface area contributed by atoms with E-state index in [1.807, 2.05) is 20.8 Å². The Bertz CT molecular complexity index is 1110. The van der Waals surface area contributed by atoms with Crippen LogP contribution in [0.2, 0.25) is 0 Å². The van der Waals surface area contributed by atoms with E-state index < -0.39 is 11.8 Å². The highest BCUT2D eigenvalue weighted by Gasteiger charge is 2.20. The van der Waals surface area contributed by atoms with Crippen LogP contribution in [0.4, 0.5) is 11.5 Å².